The van der Waals surface area contributed by atoms with Gasteiger partial charge in [0.25, 0.3) is 0 Å². The molecular formula is C10H9ClN2. The van der Waals surface area contributed by atoms with Crippen molar-refractivity contribution in [3.63, 3.8) is 0 Å². The number of aromatic nitrogens is 1. The van der Waals surface area contributed by atoms with Gasteiger partial charge in [0.2, 0.25) is 0 Å². The molecule has 0 aliphatic rings. The number of rotatable bonds is 0. The fourth-order valence-electron chi connectivity index (χ4n) is 1.34. The van der Waals surface area contributed by atoms with Crippen LogP contribution in [0.3, 0.4) is 0 Å². The summed E-state index contributed by atoms with van der Waals surface area (Å²) in [4.78, 5) is 4.18. The Labute approximate surface area is 81.3 Å². The first-order valence-corrected chi connectivity index (χ1v) is 4.37. The van der Waals surface area contributed by atoms with E-state index in [9.17, 15) is 0 Å². The van der Waals surface area contributed by atoms with Crippen LogP contribution in [0.5, 0.6) is 0 Å². The van der Waals surface area contributed by atoms with Crippen LogP contribution >= 0.6 is 11.6 Å². The fourth-order valence-corrected chi connectivity index (χ4v) is 1.56. The Morgan fingerprint density at radius 2 is 2.15 bits per heavy atom. The standard InChI is InChI=1S/C10H9ClN2/c1-6-7-3-2-4-8(11)10(7)13-5-9(6)12/h2-5H,12H2,1H3. The minimum atomic E-state index is 0.667. The zero-order valence-electron chi connectivity index (χ0n) is 7.21. The first kappa shape index (κ1) is 8.32. The molecule has 13 heavy (non-hydrogen) atoms. The molecule has 2 rings (SSSR count). The monoisotopic (exact) mass is 192 g/mol. The second-order valence-electron chi connectivity index (χ2n) is 2.97. The summed E-state index contributed by atoms with van der Waals surface area (Å²) >= 11 is 5.98. The lowest BCUT2D eigenvalue weighted by Crippen LogP contribution is -1.92. The van der Waals surface area contributed by atoms with Crippen LogP contribution in [0.2, 0.25) is 5.02 Å². The van der Waals surface area contributed by atoms with Gasteiger partial charge in [0, 0.05) is 5.39 Å². The van der Waals surface area contributed by atoms with E-state index >= 15 is 0 Å². The quantitative estimate of drug-likeness (QED) is 0.697. The molecule has 1 heterocycles. The van der Waals surface area contributed by atoms with E-state index in [1.807, 2.05) is 25.1 Å². The predicted octanol–water partition coefficient (Wildman–Crippen LogP) is 2.78. The molecule has 0 saturated heterocycles. The molecule has 3 heteroatoms. The van der Waals surface area contributed by atoms with Gasteiger partial charge in [-0.15, -0.1) is 0 Å². The number of pyridine rings is 1. The SMILES string of the molecule is Cc1c(N)cnc2c(Cl)cccc12. The molecule has 0 unspecified atom stereocenters. The summed E-state index contributed by atoms with van der Waals surface area (Å²) in [6.45, 7) is 1.97. The van der Waals surface area contributed by atoms with Crippen LogP contribution in [0.1, 0.15) is 5.56 Å². The number of nitrogens with two attached hydrogens (primary N) is 1. The van der Waals surface area contributed by atoms with Crippen molar-refractivity contribution in [3.05, 3.63) is 35.0 Å². The summed E-state index contributed by atoms with van der Waals surface area (Å²) < 4.78 is 0. The summed E-state index contributed by atoms with van der Waals surface area (Å²) in [7, 11) is 0. The van der Waals surface area contributed by atoms with E-state index in [2.05, 4.69) is 4.98 Å². The van der Waals surface area contributed by atoms with Gasteiger partial charge in [0.15, 0.2) is 0 Å². The molecule has 0 radical (unpaired) electrons. The van der Waals surface area contributed by atoms with Crippen molar-refractivity contribution in [1.82, 2.24) is 4.98 Å². The van der Waals surface area contributed by atoms with Gasteiger partial charge < -0.3 is 5.73 Å². The normalized spacial score (nSPS) is 10.6. The first-order valence-electron chi connectivity index (χ1n) is 3.99. The van der Waals surface area contributed by atoms with E-state index in [1.54, 1.807) is 6.20 Å². The van der Waals surface area contributed by atoms with Crippen LogP contribution in [0, 0.1) is 6.92 Å². The third kappa shape index (κ3) is 1.23. The van der Waals surface area contributed by atoms with E-state index in [1.165, 1.54) is 0 Å². The lowest BCUT2D eigenvalue weighted by molar-refractivity contribution is 1.37. The lowest BCUT2D eigenvalue weighted by atomic mass is 10.1. The third-order valence-electron chi connectivity index (χ3n) is 2.16. The minimum absolute atomic E-state index is 0.667. The van der Waals surface area contributed by atoms with Crippen LogP contribution < -0.4 is 5.73 Å². The van der Waals surface area contributed by atoms with Crippen molar-refractivity contribution >= 4 is 28.2 Å². The summed E-state index contributed by atoms with van der Waals surface area (Å²) in [5.41, 5.74) is 8.28. The summed E-state index contributed by atoms with van der Waals surface area (Å²) in [5, 5.41) is 1.69. The Hall–Kier alpha value is -1.28. The highest BCUT2D eigenvalue weighted by Gasteiger charge is 2.03. The smallest absolute Gasteiger partial charge is 0.0892 e. The van der Waals surface area contributed by atoms with Crippen molar-refractivity contribution in [2.75, 3.05) is 5.73 Å². The van der Waals surface area contributed by atoms with Crippen molar-refractivity contribution in [2.24, 2.45) is 0 Å². The number of fused-ring (bicyclic) bond motifs is 1. The number of hydrogen-bond donors (Lipinski definition) is 1. The van der Waals surface area contributed by atoms with Gasteiger partial charge >= 0.3 is 0 Å². The van der Waals surface area contributed by atoms with Gasteiger partial charge in [-0.3, -0.25) is 4.98 Å². The average Bonchev–Trinajstić information content (AvgIpc) is 2.12. The van der Waals surface area contributed by atoms with Crippen molar-refractivity contribution in [2.45, 2.75) is 6.92 Å². The molecule has 0 amide bonds. The fraction of sp³-hybridized carbons (Fsp3) is 0.100. The third-order valence-corrected chi connectivity index (χ3v) is 2.46. The van der Waals surface area contributed by atoms with Crippen LogP contribution in [-0.2, 0) is 0 Å². The number of anilines is 1. The zero-order valence-corrected chi connectivity index (χ0v) is 7.97. The van der Waals surface area contributed by atoms with Crippen LogP contribution in [0.4, 0.5) is 5.69 Å². The number of aryl methyl sites for hydroxylation is 1. The number of para-hydroxylation sites is 1. The van der Waals surface area contributed by atoms with Crippen LogP contribution in [-0.4, -0.2) is 4.98 Å². The van der Waals surface area contributed by atoms with Crippen LogP contribution in [0.15, 0.2) is 24.4 Å². The maximum absolute atomic E-state index is 5.98. The van der Waals surface area contributed by atoms with E-state index in [-0.39, 0.29) is 0 Å². The summed E-state index contributed by atoms with van der Waals surface area (Å²) in [6, 6.07) is 5.70. The maximum Gasteiger partial charge on any atom is 0.0892 e. The predicted molar refractivity (Wildman–Crippen MR) is 55.9 cm³/mol. The molecule has 2 N–H and O–H groups in total. The Bertz CT molecular complexity index is 466. The van der Waals surface area contributed by atoms with E-state index in [0.29, 0.717) is 10.7 Å². The summed E-state index contributed by atoms with van der Waals surface area (Å²) in [6.07, 6.45) is 1.64. The molecule has 0 aliphatic heterocycles. The largest absolute Gasteiger partial charge is 0.397 e. The number of nitrogens with zero attached hydrogens (tertiary/aromatic N) is 1. The van der Waals surface area contributed by atoms with Gasteiger partial charge in [0.1, 0.15) is 0 Å². The molecule has 1 aromatic carbocycles. The molecular weight excluding hydrogens is 184 g/mol. The van der Waals surface area contributed by atoms with Gasteiger partial charge in [-0.25, -0.2) is 0 Å². The minimum Gasteiger partial charge on any atom is -0.397 e. The van der Waals surface area contributed by atoms with E-state index in [4.69, 9.17) is 17.3 Å². The second kappa shape index (κ2) is 2.89. The van der Waals surface area contributed by atoms with Crippen molar-refractivity contribution < 1.29 is 0 Å². The highest BCUT2D eigenvalue weighted by Crippen LogP contribution is 2.26. The van der Waals surface area contributed by atoms with Gasteiger partial charge in [0.05, 0.1) is 22.4 Å². The number of benzene rings is 1. The lowest BCUT2D eigenvalue weighted by Gasteiger charge is -2.04. The van der Waals surface area contributed by atoms with Gasteiger partial charge in [-0.1, -0.05) is 23.7 Å². The topological polar surface area (TPSA) is 38.9 Å². The zero-order chi connectivity index (χ0) is 9.42. The summed E-state index contributed by atoms with van der Waals surface area (Å²) in [5.74, 6) is 0. The van der Waals surface area contributed by atoms with Crippen molar-refractivity contribution in [1.29, 1.82) is 0 Å². The Kier molecular flexibility index (Phi) is 1.85. The highest BCUT2D eigenvalue weighted by atomic mass is 35.5. The molecule has 0 saturated carbocycles. The van der Waals surface area contributed by atoms with E-state index in [0.717, 1.165) is 16.5 Å². The van der Waals surface area contributed by atoms with Crippen LogP contribution in [0.25, 0.3) is 10.9 Å². The maximum atomic E-state index is 5.98. The Morgan fingerprint density at radius 3 is 2.92 bits per heavy atom. The number of nitrogen functional groups attached to an aromatic ring is 1. The number of halogens is 1. The van der Waals surface area contributed by atoms with Crippen molar-refractivity contribution in [3.8, 4) is 0 Å². The number of hydrogen-bond acceptors (Lipinski definition) is 2. The molecule has 2 nitrogen and oxygen atoms in total. The molecule has 0 fully saturated rings. The molecule has 0 aliphatic carbocycles. The molecule has 0 bridgehead atoms. The molecule has 1 aromatic heterocycles. The van der Waals surface area contributed by atoms with Gasteiger partial charge in [-0.05, 0) is 18.6 Å². The molecule has 2 aromatic rings. The molecule has 0 spiro atoms. The molecule has 0 atom stereocenters. The Balaban J connectivity index is 2.94. The highest BCUT2D eigenvalue weighted by molar-refractivity contribution is 6.35. The van der Waals surface area contributed by atoms with E-state index < -0.39 is 0 Å². The average molecular weight is 193 g/mol. The first-order chi connectivity index (χ1) is 6.20. The van der Waals surface area contributed by atoms with Gasteiger partial charge in [-0.2, -0.15) is 0 Å². The second-order valence-corrected chi connectivity index (χ2v) is 3.38. The molecule has 66 valence electrons. The Morgan fingerprint density at radius 1 is 1.38 bits per heavy atom.